The van der Waals surface area contributed by atoms with Gasteiger partial charge in [-0.15, -0.1) is 0 Å². The quantitative estimate of drug-likeness (QED) is 0.779. The van der Waals surface area contributed by atoms with Gasteiger partial charge in [0.05, 0.1) is 6.54 Å². The molecule has 0 fully saturated rings. The summed E-state index contributed by atoms with van der Waals surface area (Å²) < 4.78 is 13.1. The zero-order valence-corrected chi connectivity index (χ0v) is 10.4. The molecule has 1 aromatic heterocycles. The normalized spacial score (nSPS) is 10.6. The van der Waals surface area contributed by atoms with Crippen molar-refractivity contribution in [3.8, 4) is 17.0 Å². The highest BCUT2D eigenvalue weighted by Crippen LogP contribution is 2.23. The summed E-state index contributed by atoms with van der Waals surface area (Å²) >= 11 is 0. The van der Waals surface area contributed by atoms with E-state index in [1.54, 1.807) is 6.07 Å². The predicted molar refractivity (Wildman–Crippen MR) is 69.3 cm³/mol. The Morgan fingerprint density at radius 3 is 2.89 bits per heavy atom. The lowest BCUT2D eigenvalue weighted by atomic mass is 10.1. The lowest BCUT2D eigenvalue weighted by Gasteiger charge is -2.06. The van der Waals surface area contributed by atoms with Crippen molar-refractivity contribution in [3.63, 3.8) is 0 Å². The molecule has 0 unspecified atom stereocenters. The second-order valence-corrected chi connectivity index (χ2v) is 4.00. The zero-order valence-electron chi connectivity index (χ0n) is 10.4. The summed E-state index contributed by atoms with van der Waals surface area (Å²) in [6.45, 7) is 2.98. The topological polar surface area (TPSA) is 78.0 Å². The molecule has 1 aromatic carbocycles. The minimum absolute atomic E-state index is 0.0280. The Morgan fingerprint density at radius 1 is 1.47 bits per heavy atom. The minimum Gasteiger partial charge on any atom is -0.493 e. The molecule has 0 radical (unpaired) electrons. The Hall–Kier alpha value is -2.21. The lowest BCUT2D eigenvalue weighted by molar-refractivity contribution is 0.448. The van der Waals surface area contributed by atoms with Gasteiger partial charge in [-0.1, -0.05) is 19.1 Å². The molecule has 3 N–H and O–H groups in total. The van der Waals surface area contributed by atoms with Crippen molar-refractivity contribution in [1.29, 1.82) is 0 Å². The van der Waals surface area contributed by atoms with Crippen LogP contribution in [0.1, 0.15) is 12.7 Å². The number of aromatic nitrogens is 2. The standard InChI is InChI=1S/C13H14FN3O2/c1-2-15-7-10-16-12(18)11(13(19)17-10)8-4-3-5-9(14)6-8/h3-6,15H,2,7H2,1H3,(H2,16,17,18,19). The summed E-state index contributed by atoms with van der Waals surface area (Å²) in [5.41, 5.74) is -0.230. The van der Waals surface area contributed by atoms with Gasteiger partial charge in [0.1, 0.15) is 17.2 Å². The molecular weight excluding hydrogens is 249 g/mol. The number of aromatic amines is 1. The van der Waals surface area contributed by atoms with Crippen LogP contribution in [0, 0.1) is 5.82 Å². The summed E-state index contributed by atoms with van der Waals surface area (Å²) in [5.74, 6) is -0.542. The molecule has 19 heavy (non-hydrogen) atoms. The fourth-order valence-electron chi connectivity index (χ4n) is 1.74. The first kappa shape index (κ1) is 13.2. The van der Waals surface area contributed by atoms with E-state index in [1.807, 2.05) is 6.92 Å². The number of nitrogens with zero attached hydrogens (tertiary/aromatic N) is 1. The summed E-state index contributed by atoms with van der Waals surface area (Å²) in [6.07, 6.45) is 0. The van der Waals surface area contributed by atoms with Crippen LogP contribution in [0.25, 0.3) is 11.1 Å². The maximum absolute atomic E-state index is 13.1. The van der Waals surface area contributed by atoms with Crippen molar-refractivity contribution < 1.29 is 9.50 Å². The number of hydrogen-bond acceptors (Lipinski definition) is 4. The molecule has 0 amide bonds. The van der Waals surface area contributed by atoms with E-state index in [4.69, 9.17) is 0 Å². The number of nitrogens with one attached hydrogen (secondary N) is 2. The average Bonchev–Trinajstić information content (AvgIpc) is 2.35. The number of benzene rings is 1. The Morgan fingerprint density at radius 2 is 2.26 bits per heavy atom. The molecule has 6 heteroatoms. The van der Waals surface area contributed by atoms with Gasteiger partial charge in [-0.3, -0.25) is 4.79 Å². The molecular formula is C13H14FN3O2. The maximum Gasteiger partial charge on any atom is 0.262 e. The van der Waals surface area contributed by atoms with E-state index in [1.165, 1.54) is 18.2 Å². The first-order chi connectivity index (χ1) is 9.11. The summed E-state index contributed by atoms with van der Waals surface area (Å²) in [6, 6.07) is 5.45. The van der Waals surface area contributed by atoms with Crippen LogP contribution in [0.15, 0.2) is 29.1 Å². The largest absolute Gasteiger partial charge is 0.493 e. The van der Waals surface area contributed by atoms with Gasteiger partial charge in [-0.25, -0.2) is 4.39 Å². The van der Waals surface area contributed by atoms with E-state index in [-0.39, 0.29) is 5.56 Å². The monoisotopic (exact) mass is 263 g/mol. The first-order valence-electron chi connectivity index (χ1n) is 5.90. The van der Waals surface area contributed by atoms with Crippen molar-refractivity contribution >= 4 is 0 Å². The van der Waals surface area contributed by atoms with Gasteiger partial charge in [0.25, 0.3) is 5.56 Å². The van der Waals surface area contributed by atoms with E-state index in [0.29, 0.717) is 17.9 Å². The number of hydrogen-bond donors (Lipinski definition) is 3. The van der Waals surface area contributed by atoms with Gasteiger partial charge in [-0.2, -0.15) is 4.98 Å². The lowest BCUT2D eigenvalue weighted by Crippen LogP contribution is -2.20. The van der Waals surface area contributed by atoms with Crippen molar-refractivity contribution in [2.75, 3.05) is 6.54 Å². The maximum atomic E-state index is 13.1. The molecule has 0 aliphatic heterocycles. The fraction of sp³-hybridized carbons (Fsp3) is 0.231. The van der Waals surface area contributed by atoms with Crippen molar-refractivity contribution in [1.82, 2.24) is 15.3 Å². The molecule has 0 aliphatic rings. The molecule has 100 valence electrons. The highest BCUT2D eigenvalue weighted by Gasteiger charge is 2.13. The van der Waals surface area contributed by atoms with Crippen molar-refractivity contribution in [2.45, 2.75) is 13.5 Å². The minimum atomic E-state index is -0.494. The van der Waals surface area contributed by atoms with E-state index < -0.39 is 17.3 Å². The molecule has 0 saturated carbocycles. The predicted octanol–water partition coefficient (Wildman–Crippen LogP) is 1.39. The Bertz CT molecular complexity index is 640. The van der Waals surface area contributed by atoms with Gasteiger partial charge >= 0.3 is 0 Å². The molecule has 0 aliphatic carbocycles. The van der Waals surface area contributed by atoms with Crippen molar-refractivity contribution in [2.24, 2.45) is 0 Å². The van der Waals surface area contributed by atoms with E-state index in [9.17, 15) is 14.3 Å². The summed E-state index contributed by atoms with van der Waals surface area (Å²) in [4.78, 5) is 18.4. The van der Waals surface area contributed by atoms with Crippen LogP contribution in [0.2, 0.25) is 0 Å². The van der Waals surface area contributed by atoms with Gasteiger partial charge in [0.2, 0.25) is 5.88 Å². The number of halogens is 1. The SMILES string of the molecule is CCNCc1nc(O)c(-c2cccc(F)c2)c(=O)[nH]1. The highest BCUT2D eigenvalue weighted by atomic mass is 19.1. The molecule has 2 aromatic rings. The van der Waals surface area contributed by atoms with Crippen molar-refractivity contribution in [3.05, 3.63) is 46.3 Å². The number of H-pyrrole nitrogens is 1. The Labute approximate surface area is 109 Å². The van der Waals surface area contributed by atoms with E-state index in [2.05, 4.69) is 15.3 Å². The van der Waals surface area contributed by atoms with Gasteiger partial charge < -0.3 is 15.4 Å². The number of aromatic hydroxyl groups is 1. The van der Waals surface area contributed by atoms with Crippen LogP contribution >= 0.6 is 0 Å². The van der Waals surface area contributed by atoms with Gasteiger partial charge in [0, 0.05) is 0 Å². The number of rotatable bonds is 4. The van der Waals surface area contributed by atoms with Crippen LogP contribution in [-0.2, 0) is 6.54 Å². The second kappa shape index (κ2) is 5.62. The molecule has 2 rings (SSSR count). The second-order valence-electron chi connectivity index (χ2n) is 4.00. The van der Waals surface area contributed by atoms with Crippen LogP contribution in [-0.4, -0.2) is 21.6 Å². The molecule has 0 bridgehead atoms. The average molecular weight is 263 g/mol. The summed E-state index contributed by atoms with van der Waals surface area (Å²) in [5, 5.41) is 12.8. The third kappa shape index (κ3) is 2.97. The van der Waals surface area contributed by atoms with E-state index in [0.717, 1.165) is 6.54 Å². The van der Waals surface area contributed by atoms with E-state index >= 15 is 0 Å². The zero-order chi connectivity index (χ0) is 13.8. The third-order valence-corrected chi connectivity index (χ3v) is 2.61. The smallest absolute Gasteiger partial charge is 0.262 e. The Kier molecular flexibility index (Phi) is 3.91. The van der Waals surface area contributed by atoms with Gasteiger partial charge in [-0.05, 0) is 24.2 Å². The molecule has 0 atom stereocenters. The Balaban J connectivity index is 2.45. The van der Waals surface area contributed by atoms with Gasteiger partial charge in [0.15, 0.2) is 0 Å². The molecule has 1 heterocycles. The third-order valence-electron chi connectivity index (χ3n) is 2.61. The molecule has 5 nitrogen and oxygen atoms in total. The molecule has 0 saturated heterocycles. The summed E-state index contributed by atoms with van der Waals surface area (Å²) in [7, 11) is 0. The first-order valence-corrected chi connectivity index (χ1v) is 5.90. The highest BCUT2D eigenvalue weighted by molar-refractivity contribution is 5.67. The van der Waals surface area contributed by atoms with Crippen LogP contribution in [0.3, 0.4) is 0 Å². The van der Waals surface area contributed by atoms with Crippen LogP contribution in [0.4, 0.5) is 4.39 Å². The molecule has 0 spiro atoms. The fourth-order valence-corrected chi connectivity index (χ4v) is 1.74. The van der Waals surface area contributed by atoms with Crippen LogP contribution in [0.5, 0.6) is 5.88 Å². The van der Waals surface area contributed by atoms with Crippen LogP contribution < -0.4 is 10.9 Å².